The topological polar surface area (TPSA) is 61.9 Å². The van der Waals surface area contributed by atoms with Crippen LogP contribution in [0.4, 0.5) is 0 Å². The van der Waals surface area contributed by atoms with Crippen molar-refractivity contribution in [1.29, 1.82) is 0 Å². The summed E-state index contributed by atoms with van der Waals surface area (Å²) in [6.45, 7) is 5.16. The number of ether oxygens (including phenoxy) is 1. The van der Waals surface area contributed by atoms with Crippen molar-refractivity contribution in [2.45, 2.75) is 37.6 Å². The largest absolute Gasteiger partial charge is 0.379 e. The average Bonchev–Trinajstić information content (AvgIpc) is 2.62. The predicted octanol–water partition coefficient (Wildman–Crippen LogP) is 0.905. The molecule has 1 N–H and O–H groups in total. The van der Waals surface area contributed by atoms with Crippen molar-refractivity contribution in [1.82, 2.24) is 13.9 Å². The summed E-state index contributed by atoms with van der Waals surface area (Å²) < 4.78 is 35.3. The van der Waals surface area contributed by atoms with Crippen LogP contribution < -0.4 is 4.72 Å². The number of hydrogen-bond acceptors (Lipinski definition) is 5. The molecule has 0 unspecified atom stereocenters. The molecule has 0 aromatic heterocycles. The zero-order valence-corrected chi connectivity index (χ0v) is 15.5. The molecule has 0 radical (unpaired) electrons. The van der Waals surface area contributed by atoms with Gasteiger partial charge < -0.3 is 4.74 Å². The molecular weight excluding hydrogens is 334 g/mol. The van der Waals surface area contributed by atoms with Gasteiger partial charge in [-0.25, -0.2) is 4.72 Å². The molecule has 2 saturated heterocycles. The molecule has 23 heavy (non-hydrogen) atoms. The van der Waals surface area contributed by atoms with Gasteiger partial charge >= 0.3 is 0 Å². The van der Waals surface area contributed by atoms with Gasteiger partial charge in [0.2, 0.25) is 0 Å². The minimum absolute atomic E-state index is 0.0142. The van der Waals surface area contributed by atoms with E-state index in [0.29, 0.717) is 19.6 Å². The quantitative estimate of drug-likeness (QED) is 0.787. The highest BCUT2D eigenvalue weighted by molar-refractivity contribution is 7.99. The van der Waals surface area contributed by atoms with Gasteiger partial charge in [-0.1, -0.05) is 19.3 Å². The van der Waals surface area contributed by atoms with Gasteiger partial charge in [0.25, 0.3) is 10.2 Å². The third kappa shape index (κ3) is 4.41. The van der Waals surface area contributed by atoms with Gasteiger partial charge in [0.05, 0.1) is 13.2 Å². The van der Waals surface area contributed by atoms with Gasteiger partial charge in [0, 0.05) is 49.8 Å². The highest BCUT2D eigenvalue weighted by Crippen LogP contribution is 2.34. The summed E-state index contributed by atoms with van der Waals surface area (Å²) in [4.78, 5) is 2.48. The van der Waals surface area contributed by atoms with E-state index >= 15 is 0 Å². The number of nitrogens with zero attached hydrogens (tertiary/aromatic N) is 2. The second kappa shape index (κ2) is 8.01. The Morgan fingerprint density at radius 3 is 2.30 bits per heavy atom. The van der Waals surface area contributed by atoms with Gasteiger partial charge in [-0.05, 0) is 12.8 Å². The third-order valence-electron chi connectivity index (χ3n) is 5.36. The summed E-state index contributed by atoms with van der Waals surface area (Å²) in [5.41, 5.74) is -0.0142. The van der Waals surface area contributed by atoms with Crippen molar-refractivity contribution in [3.05, 3.63) is 0 Å². The lowest BCUT2D eigenvalue weighted by atomic mass is 9.80. The monoisotopic (exact) mass is 363 g/mol. The van der Waals surface area contributed by atoms with Gasteiger partial charge in [-0.15, -0.1) is 0 Å². The molecule has 1 aliphatic carbocycles. The van der Waals surface area contributed by atoms with Crippen LogP contribution in [0, 0.1) is 0 Å². The minimum atomic E-state index is -3.35. The smallest absolute Gasteiger partial charge is 0.279 e. The van der Waals surface area contributed by atoms with E-state index in [0.717, 1.165) is 50.7 Å². The summed E-state index contributed by atoms with van der Waals surface area (Å²) in [7, 11) is -3.35. The first-order chi connectivity index (χ1) is 11.1. The standard InChI is InChI=1S/C15H29N3O3S2/c19-23(20,18-8-12-22-13-9-18)16-14-15(4-2-1-3-5-15)17-6-10-21-11-7-17/h16H,1-14H2. The Balaban J connectivity index is 1.66. The van der Waals surface area contributed by atoms with E-state index in [1.165, 1.54) is 19.3 Å². The van der Waals surface area contributed by atoms with E-state index in [-0.39, 0.29) is 5.54 Å². The van der Waals surface area contributed by atoms with Crippen LogP contribution in [0.2, 0.25) is 0 Å². The average molecular weight is 364 g/mol. The van der Waals surface area contributed by atoms with Crippen LogP contribution in [0.25, 0.3) is 0 Å². The summed E-state index contributed by atoms with van der Waals surface area (Å²) in [5, 5.41) is 0. The highest BCUT2D eigenvalue weighted by atomic mass is 32.2. The Hall–Kier alpha value is 0.140. The lowest BCUT2D eigenvalue weighted by molar-refractivity contribution is -0.0350. The molecule has 0 atom stereocenters. The van der Waals surface area contributed by atoms with Crippen LogP contribution >= 0.6 is 11.8 Å². The normalized spacial score (nSPS) is 27.8. The fraction of sp³-hybridized carbons (Fsp3) is 1.00. The molecule has 1 saturated carbocycles. The maximum absolute atomic E-state index is 12.6. The third-order valence-corrected chi connectivity index (χ3v) is 7.86. The van der Waals surface area contributed by atoms with Crippen molar-refractivity contribution < 1.29 is 13.2 Å². The van der Waals surface area contributed by atoms with E-state index in [2.05, 4.69) is 9.62 Å². The van der Waals surface area contributed by atoms with Gasteiger partial charge in [0.1, 0.15) is 0 Å². The zero-order chi connectivity index (χ0) is 16.2. The second-order valence-corrected chi connectivity index (χ2v) is 9.70. The summed E-state index contributed by atoms with van der Waals surface area (Å²) >= 11 is 1.83. The van der Waals surface area contributed by atoms with Crippen molar-refractivity contribution >= 4 is 22.0 Å². The zero-order valence-electron chi connectivity index (χ0n) is 13.8. The number of thioether (sulfide) groups is 1. The summed E-state index contributed by atoms with van der Waals surface area (Å²) in [6.07, 6.45) is 5.83. The molecule has 134 valence electrons. The second-order valence-electron chi connectivity index (χ2n) is 6.72. The fourth-order valence-corrected chi connectivity index (χ4v) is 6.39. The SMILES string of the molecule is O=S(=O)(NCC1(N2CCOCC2)CCCCC1)N1CCSCC1. The molecule has 0 aromatic rings. The van der Waals surface area contributed by atoms with Crippen LogP contribution in [-0.2, 0) is 14.9 Å². The molecule has 3 fully saturated rings. The fourth-order valence-electron chi connectivity index (χ4n) is 3.96. The minimum Gasteiger partial charge on any atom is -0.379 e. The Kier molecular flexibility index (Phi) is 6.25. The first kappa shape index (κ1) is 17.9. The Morgan fingerprint density at radius 1 is 1.00 bits per heavy atom. The highest BCUT2D eigenvalue weighted by Gasteiger charge is 2.40. The molecule has 6 nitrogen and oxygen atoms in total. The predicted molar refractivity (Wildman–Crippen MR) is 94.0 cm³/mol. The van der Waals surface area contributed by atoms with E-state index in [9.17, 15) is 8.42 Å². The Bertz CT molecular complexity index is 468. The van der Waals surface area contributed by atoms with E-state index < -0.39 is 10.2 Å². The lowest BCUT2D eigenvalue weighted by Crippen LogP contribution is -2.60. The van der Waals surface area contributed by atoms with Gasteiger partial charge in [-0.3, -0.25) is 4.90 Å². The van der Waals surface area contributed by atoms with E-state index in [4.69, 9.17) is 4.74 Å². The molecule has 3 rings (SSSR count). The number of nitrogens with one attached hydrogen (secondary N) is 1. The Labute approximate surface area is 144 Å². The van der Waals surface area contributed by atoms with Crippen LogP contribution in [0.3, 0.4) is 0 Å². The molecule has 0 bridgehead atoms. The molecule has 0 spiro atoms. The molecule has 0 amide bonds. The van der Waals surface area contributed by atoms with Crippen molar-refractivity contribution in [2.24, 2.45) is 0 Å². The number of rotatable bonds is 5. The van der Waals surface area contributed by atoms with Crippen molar-refractivity contribution in [3.63, 3.8) is 0 Å². The molecule has 0 aromatic carbocycles. The maximum atomic E-state index is 12.6. The van der Waals surface area contributed by atoms with Crippen molar-refractivity contribution in [3.8, 4) is 0 Å². The Morgan fingerprint density at radius 2 is 1.65 bits per heavy atom. The molecule has 2 aliphatic heterocycles. The molecule has 3 aliphatic rings. The van der Waals surface area contributed by atoms with Crippen LogP contribution in [0.5, 0.6) is 0 Å². The first-order valence-electron chi connectivity index (χ1n) is 8.78. The van der Waals surface area contributed by atoms with Gasteiger partial charge in [0.15, 0.2) is 0 Å². The molecular formula is C15H29N3O3S2. The van der Waals surface area contributed by atoms with Crippen LogP contribution in [0.1, 0.15) is 32.1 Å². The van der Waals surface area contributed by atoms with E-state index in [1.54, 1.807) is 4.31 Å². The van der Waals surface area contributed by atoms with Crippen LogP contribution in [0.15, 0.2) is 0 Å². The molecule has 8 heteroatoms. The summed E-state index contributed by atoms with van der Waals surface area (Å²) in [5.74, 6) is 1.80. The summed E-state index contributed by atoms with van der Waals surface area (Å²) in [6, 6.07) is 0. The lowest BCUT2D eigenvalue weighted by Gasteiger charge is -2.48. The van der Waals surface area contributed by atoms with E-state index in [1.807, 2.05) is 11.8 Å². The molecule has 2 heterocycles. The number of hydrogen-bond donors (Lipinski definition) is 1. The maximum Gasteiger partial charge on any atom is 0.279 e. The van der Waals surface area contributed by atoms with Gasteiger partial charge in [-0.2, -0.15) is 24.5 Å². The first-order valence-corrected chi connectivity index (χ1v) is 11.4. The van der Waals surface area contributed by atoms with Crippen LogP contribution in [-0.4, -0.2) is 80.6 Å². The number of morpholine rings is 1. The van der Waals surface area contributed by atoms with Crippen molar-refractivity contribution in [2.75, 3.05) is 57.4 Å².